The van der Waals surface area contributed by atoms with E-state index in [0.29, 0.717) is 17.5 Å². The van der Waals surface area contributed by atoms with Gasteiger partial charge in [-0.3, -0.25) is 0 Å². The Kier molecular flexibility index (Phi) is 5.40. The minimum absolute atomic E-state index is 0.529. The largest absolute Gasteiger partial charge is 0.360 e. The lowest BCUT2D eigenvalue weighted by Crippen LogP contribution is -2.37. The Hall–Kier alpha value is -3.23. The van der Waals surface area contributed by atoms with Gasteiger partial charge in [-0.25, -0.2) is 14.2 Å². The second kappa shape index (κ2) is 8.37. The number of anilines is 2. The number of hydrogen-bond acceptors (Lipinski definition) is 6. The summed E-state index contributed by atoms with van der Waals surface area (Å²) in [6.45, 7) is 3.66. The van der Waals surface area contributed by atoms with Crippen molar-refractivity contribution in [3.05, 3.63) is 66.5 Å². The summed E-state index contributed by atoms with van der Waals surface area (Å²) in [5.41, 5.74) is 5.64. The van der Waals surface area contributed by atoms with Gasteiger partial charge in [-0.15, -0.1) is 0 Å². The van der Waals surface area contributed by atoms with Crippen LogP contribution in [0.3, 0.4) is 0 Å². The molecule has 1 fully saturated rings. The predicted molar refractivity (Wildman–Crippen MR) is 131 cm³/mol. The number of aromatic amines is 1. The number of aromatic nitrogens is 3. The molecule has 8 heteroatoms. The first-order chi connectivity index (χ1) is 15.5. The predicted octanol–water partition coefficient (Wildman–Crippen LogP) is 4.72. The number of hydrogen-bond donors (Lipinski definition) is 2. The van der Waals surface area contributed by atoms with Crippen LogP contribution in [0.5, 0.6) is 0 Å². The van der Waals surface area contributed by atoms with Gasteiger partial charge in [0.05, 0.1) is 21.1 Å². The molecule has 0 atom stereocenters. The Balaban J connectivity index is 1.38. The van der Waals surface area contributed by atoms with Crippen LogP contribution >= 0.6 is 0 Å². The topological polar surface area (TPSA) is 86.3 Å². The van der Waals surface area contributed by atoms with Crippen molar-refractivity contribution in [2.24, 2.45) is 4.36 Å². The number of fused-ring (bicyclic) bond motifs is 1. The van der Waals surface area contributed by atoms with Crippen molar-refractivity contribution in [1.82, 2.24) is 19.9 Å². The molecule has 5 rings (SSSR count). The first-order valence-corrected chi connectivity index (χ1v) is 12.5. The van der Waals surface area contributed by atoms with Crippen LogP contribution in [0.4, 0.5) is 17.3 Å². The van der Waals surface area contributed by atoms with Crippen LogP contribution in [-0.4, -0.2) is 55.7 Å². The Morgan fingerprint density at radius 2 is 1.84 bits per heavy atom. The van der Waals surface area contributed by atoms with Crippen molar-refractivity contribution in [2.45, 2.75) is 6.92 Å². The minimum atomic E-state index is -2.17. The number of aryl methyl sites for hydroxylation is 1. The molecule has 2 N–H and O–H groups in total. The lowest BCUT2D eigenvalue weighted by Gasteiger charge is -2.24. The highest BCUT2D eigenvalue weighted by Gasteiger charge is 2.18. The van der Waals surface area contributed by atoms with Crippen molar-refractivity contribution < 1.29 is 4.21 Å². The number of benzene rings is 2. The minimum Gasteiger partial charge on any atom is -0.360 e. The molecule has 0 saturated carbocycles. The normalized spacial score (nSPS) is 16.2. The first kappa shape index (κ1) is 20.7. The molecule has 7 nitrogen and oxygen atoms in total. The van der Waals surface area contributed by atoms with Crippen molar-refractivity contribution >= 4 is 38.0 Å². The van der Waals surface area contributed by atoms with E-state index >= 15 is 0 Å². The summed E-state index contributed by atoms with van der Waals surface area (Å²) in [5, 5.41) is 4.41. The van der Waals surface area contributed by atoms with Crippen molar-refractivity contribution in [2.75, 3.05) is 37.0 Å². The van der Waals surface area contributed by atoms with Gasteiger partial charge < -0.3 is 15.2 Å². The van der Waals surface area contributed by atoms with E-state index in [4.69, 9.17) is 4.98 Å². The van der Waals surface area contributed by atoms with E-state index in [2.05, 4.69) is 43.7 Å². The number of nitrogens with one attached hydrogen (secondary N) is 2. The zero-order valence-electron chi connectivity index (χ0n) is 18.2. The van der Waals surface area contributed by atoms with Gasteiger partial charge in [0.1, 0.15) is 0 Å². The number of H-pyrrole nitrogens is 1. The van der Waals surface area contributed by atoms with E-state index in [0.717, 1.165) is 52.2 Å². The Labute approximate surface area is 188 Å². The Morgan fingerprint density at radius 3 is 2.62 bits per heavy atom. The summed E-state index contributed by atoms with van der Waals surface area (Å²) in [6, 6.07) is 15.8. The molecule has 164 valence electrons. The van der Waals surface area contributed by atoms with E-state index in [1.54, 1.807) is 0 Å². The maximum Gasteiger partial charge on any atom is 0.227 e. The van der Waals surface area contributed by atoms with Crippen LogP contribution in [0.1, 0.15) is 5.56 Å². The number of rotatable bonds is 4. The fourth-order valence-electron chi connectivity index (χ4n) is 3.87. The third-order valence-corrected chi connectivity index (χ3v) is 7.98. The molecule has 0 aliphatic carbocycles. The summed E-state index contributed by atoms with van der Waals surface area (Å²) < 4.78 is 17.5. The first-order valence-electron chi connectivity index (χ1n) is 10.7. The molecule has 0 spiro atoms. The van der Waals surface area contributed by atoms with Crippen LogP contribution in [0.15, 0.2) is 65.3 Å². The zero-order chi connectivity index (χ0) is 22.1. The standard InChI is InChI=1S/C24H26N6OS/c1-17-15-26-24(28-23(17)21-16-25-22-6-4-3-5-20(21)22)27-18-7-9-19(10-8-18)29-32(31)13-11-30(2)12-14-32/h3-10,15-16,25H,11-14H2,1-2H3,(H,26,27,28). The molecule has 1 aliphatic heterocycles. The zero-order valence-corrected chi connectivity index (χ0v) is 19.0. The molecule has 0 unspecified atom stereocenters. The van der Waals surface area contributed by atoms with Crippen molar-refractivity contribution in [3.8, 4) is 11.3 Å². The molecular formula is C24H26N6OS. The summed E-state index contributed by atoms with van der Waals surface area (Å²) in [6.07, 6.45) is 3.82. The third kappa shape index (κ3) is 4.24. The maximum atomic E-state index is 12.9. The van der Waals surface area contributed by atoms with Gasteiger partial charge in [0.2, 0.25) is 5.95 Å². The SMILES string of the molecule is Cc1cnc(Nc2ccc(N=S3(=O)CCN(C)CC3)cc2)nc1-c1c[nH]c2ccccc12. The molecule has 1 saturated heterocycles. The summed E-state index contributed by atoms with van der Waals surface area (Å²) in [5.74, 6) is 1.77. The van der Waals surface area contributed by atoms with Crippen LogP contribution in [0.25, 0.3) is 22.2 Å². The molecule has 0 bridgehead atoms. The summed E-state index contributed by atoms with van der Waals surface area (Å²) in [4.78, 5) is 14.7. The van der Waals surface area contributed by atoms with E-state index in [1.165, 1.54) is 0 Å². The van der Waals surface area contributed by atoms with Gasteiger partial charge in [0.25, 0.3) is 0 Å². The van der Waals surface area contributed by atoms with Gasteiger partial charge >= 0.3 is 0 Å². The number of nitrogens with zero attached hydrogens (tertiary/aromatic N) is 4. The third-order valence-electron chi connectivity index (χ3n) is 5.80. The monoisotopic (exact) mass is 446 g/mol. The van der Waals surface area contributed by atoms with Gasteiger partial charge in [-0.05, 0) is 49.9 Å². The lowest BCUT2D eigenvalue weighted by atomic mass is 10.1. The number of para-hydroxylation sites is 1. The molecule has 0 radical (unpaired) electrons. The van der Waals surface area contributed by atoms with E-state index in [1.807, 2.05) is 55.7 Å². The molecule has 0 amide bonds. The second-order valence-corrected chi connectivity index (χ2v) is 10.8. The molecule has 32 heavy (non-hydrogen) atoms. The van der Waals surface area contributed by atoms with E-state index in [-0.39, 0.29) is 0 Å². The molecule has 2 aromatic carbocycles. The Bertz CT molecular complexity index is 1370. The highest BCUT2D eigenvalue weighted by atomic mass is 32.2. The van der Waals surface area contributed by atoms with E-state index < -0.39 is 9.73 Å². The van der Waals surface area contributed by atoms with Gasteiger partial charge in [0.15, 0.2) is 0 Å². The van der Waals surface area contributed by atoms with Gasteiger partial charge in [-0.1, -0.05) is 18.2 Å². The molecule has 1 aliphatic rings. The van der Waals surface area contributed by atoms with Gasteiger partial charge in [-0.2, -0.15) is 4.36 Å². The average molecular weight is 447 g/mol. The van der Waals surface area contributed by atoms with Crippen LogP contribution < -0.4 is 5.32 Å². The summed E-state index contributed by atoms with van der Waals surface area (Å²) >= 11 is 0. The molecular weight excluding hydrogens is 420 g/mol. The fourth-order valence-corrected chi connectivity index (χ4v) is 5.96. The van der Waals surface area contributed by atoms with E-state index in [9.17, 15) is 4.21 Å². The average Bonchev–Trinajstić information content (AvgIpc) is 3.23. The fraction of sp³-hybridized carbons (Fsp3) is 0.250. The van der Waals surface area contributed by atoms with Crippen molar-refractivity contribution in [3.63, 3.8) is 0 Å². The van der Waals surface area contributed by atoms with Crippen LogP contribution in [0, 0.1) is 6.92 Å². The smallest absolute Gasteiger partial charge is 0.227 e. The maximum absolute atomic E-state index is 12.9. The molecule has 4 aromatic rings. The lowest BCUT2D eigenvalue weighted by molar-refractivity contribution is 0.366. The second-order valence-electron chi connectivity index (χ2n) is 8.22. The highest BCUT2D eigenvalue weighted by molar-refractivity contribution is 7.93. The quantitative estimate of drug-likeness (QED) is 0.474. The summed E-state index contributed by atoms with van der Waals surface area (Å²) in [7, 11) is -0.114. The van der Waals surface area contributed by atoms with Crippen LogP contribution in [0.2, 0.25) is 0 Å². The molecule has 3 heterocycles. The molecule has 2 aromatic heterocycles. The van der Waals surface area contributed by atoms with Crippen LogP contribution in [-0.2, 0) is 9.73 Å². The van der Waals surface area contributed by atoms with Gasteiger partial charge in [0, 0.05) is 59.1 Å². The Morgan fingerprint density at radius 1 is 1.09 bits per heavy atom. The highest BCUT2D eigenvalue weighted by Crippen LogP contribution is 2.30. The van der Waals surface area contributed by atoms with Crippen molar-refractivity contribution in [1.29, 1.82) is 0 Å².